The summed E-state index contributed by atoms with van der Waals surface area (Å²) in [6, 6.07) is 3.21. The first-order chi connectivity index (χ1) is 11.0. The number of amides is 1. The van der Waals surface area contributed by atoms with Crippen LogP contribution in [0, 0.1) is 5.41 Å². The molecule has 6 nitrogen and oxygen atoms in total. The molecule has 0 spiro atoms. The molecule has 1 aliphatic carbocycles. The molecular formula is C17H24N2O4. The van der Waals surface area contributed by atoms with Gasteiger partial charge in [0.25, 0.3) is 5.91 Å². The summed E-state index contributed by atoms with van der Waals surface area (Å²) in [5.74, 6) is -0.747. The van der Waals surface area contributed by atoms with Crippen molar-refractivity contribution in [2.24, 2.45) is 5.41 Å². The lowest BCUT2D eigenvalue weighted by Crippen LogP contribution is -2.42. The van der Waals surface area contributed by atoms with Crippen LogP contribution in [-0.4, -0.2) is 34.6 Å². The van der Waals surface area contributed by atoms with Crippen molar-refractivity contribution in [1.29, 1.82) is 0 Å². The summed E-state index contributed by atoms with van der Waals surface area (Å²) in [5.41, 5.74) is -0.491. The normalized spacial score (nSPS) is 14.9. The van der Waals surface area contributed by atoms with Crippen molar-refractivity contribution in [1.82, 2.24) is 10.3 Å². The van der Waals surface area contributed by atoms with Gasteiger partial charge in [0, 0.05) is 24.4 Å². The first-order valence-electron chi connectivity index (χ1n) is 8.15. The average Bonchev–Trinajstić information content (AvgIpc) is 2.52. The molecule has 6 heteroatoms. The smallest absolute Gasteiger partial charge is 0.311 e. The monoisotopic (exact) mass is 320 g/mol. The van der Waals surface area contributed by atoms with E-state index in [0.29, 0.717) is 24.3 Å². The van der Waals surface area contributed by atoms with Gasteiger partial charge in [-0.3, -0.25) is 9.59 Å². The minimum Gasteiger partial charge on any atom is -0.481 e. The minimum absolute atomic E-state index is 0.106. The standard InChI is InChI=1S/C17H24N2O4/c1-3-17(4-2,16(21)22)11-19-15(20)12-8-9-18-14(10-12)23-13-6-5-7-13/h8-10,13H,3-7,11H2,1-2H3,(H,19,20)(H,21,22). The SMILES string of the molecule is CCC(CC)(CNC(=O)c1ccnc(OC2CCC2)c1)C(=O)O. The van der Waals surface area contributed by atoms with Gasteiger partial charge in [-0.05, 0) is 38.2 Å². The van der Waals surface area contributed by atoms with E-state index in [9.17, 15) is 14.7 Å². The Labute approximate surface area is 136 Å². The van der Waals surface area contributed by atoms with Crippen LogP contribution in [-0.2, 0) is 4.79 Å². The molecule has 0 unspecified atom stereocenters. The minimum atomic E-state index is -0.923. The second kappa shape index (κ2) is 7.44. The topological polar surface area (TPSA) is 88.5 Å². The van der Waals surface area contributed by atoms with E-state index in [0.717, 1.165) is 19.3 Å². The first-order valence-corrected chi connectivity index (χ1v) is 8.15. The number of nitrogens with one attached hydrogen (secondary N) is 1. The second-order valence-corrected chi connectivity index (χ2v) is 6.03. The highest BCUT2D eigenvalue weighted by atomic mass is 16.5. The number of carboxylic acid groups (broad SMARTS) is 1. The Morgan fingerprint density at radius 3 is 2.61 bits per heavy atom. The molecular weight excluding hydrogens is 296 g/mol. The van der Waals surface area contributed by atoms with Crippen molar-refractivity contribution in [2.75, 3.05) is 6.54 Å². The van der Waals surface area contributed by atoms with Crippen LogP contribution in [0.4, 0.5) is 0 Å². The highest BCUT2D eigenvalue weighted by molar-refractivity contribution is 5.94. The molecule has 23 heavy (non-hydrogen) atoms. The van der Waals surface area contributed by atoms with Crippen LogP contribution >= 0.6 is 0 Å². The molecule has 1 heterocycles. The van der Waals surface area contributed by atoms with Crippen molar-refractivity contribution in [2.45, 2.75) is 52.1 Å². The zero-order valence-electron chi connectivity index (χ0n) is 13.7. The molecule has 0 bridgehead atoms. The number of carbonyl (C=O) groups is 2. The Morgan fingerprint density at radius 1 is 1.39 bits per heavy atom. The number of carbonyl (C=O) groups excluding carboxylic acids is 1. The highest BCUT2D eigenvalue weighted by Crippen LogP contribution is 2.26. The fraction of sp³-hybridized carbons (Fsp3) is 0.588. The Kier molecular flexibility index (Phi) is 5.58. The molecule has 1 fully saturated rings. The fourth-order valence-electron chi connectivity index (χ4n) is 2.50. The summed E-state index contributed by atoms with van der Waals surface area (Å²) < 4.78 is 5.68. The number of hydrogen-bond donors (Lipinski definition) is 2. The van der Waals surface area contributed by atoms with Crippen LogP contribution in [0.25, 0.3) is 0 Å². The molecule has 126 valence electrons. The van der Waals surface area contributed by atoms with Gasteiger partial charge in [-0.15, -0.1) is 0 Å². The van der Waals surface area contributed by atoms with Crippen molar-refractivity contribution in [3.8, 4) is 5.88 Å². The number of carboxylic acids is 1. The maximum absolute atomic E-state index is 12.3. The molecule has 1 aromatic heterocycles. The predicted octanol–water partition coefficient (Wildman–Crippen LogP) is 2.63. The molecule has 2 rings (SSSR count). The summed E-state index contributed by atoms with van der Waals surface area (Å²) in [5, 5.41) is 12.1. The lowest BCUT2D eigenvalue weighted by Gasteiger charge is -2.27. The van der Waals surface area contributed by atoms with Crippen molar-refractivity contribution >= 4 is 11.9 Å². The Morgan fingerprint density at radius 2 is 2.09 bits per heavy atom. The Balaban J connectivity index is 1.99. The van der Waals surface area contributed by atoms with E-state index in [1.807, 2.05) is 13.8 Å². The first kappa shape index (κ1) is 17.2. The molecule has 0 atom stereocenters. The van der Waals surface area contributed by atoms with Crippen molar-refractivity contribution in [3.05, 3.63) is 23.9 Å². The number of aliphatic carboxylic acids is 1. The summed E-state index contributed by atoms with van der Waals surface area (Å²) in [6.45, 7) is 3.75. The van der Waals surface area contributed by atoms with Gasteiger partial charge in [-0.1, -0.05) is 13.8 Å². The number of aromatic nitrogens is 1. The van der Waals surface area contributed by atoms with Crippen LogP contribution in [0.1, 0.15) is 56.3 Å². The number of hydrogen-bond acceptors (Lipinski definition) is 4. The Bertz CT molecular complexity index is 565. The van der Waals surface area contributed by atoms with Gasteiger partial charge in [-0.25, -0.2) is 4.98 Å². The Hall–Kier alpha value is -2.11. The van der Waals surface area contributed by atoms with Gasteiger partial charge in [0.2, 0.25) is 5.88 Å². The maximum atomic E-state index is 12.3. The molecule has 1 aliphatic rings. The van der Waals surface area contributed by atoms with E-state index in [1.165, 1.54) is 6.20 Å². The quantitative estimate of drug-likeness (QED) is 0.768. The van der Waals surface area contributed by atoms with Gasteiger partial charge in [0.1, 0.15) is 6.10 Å². The van der Waals surface area contributed by atoms with Crippen molar-refractivity contribution < 1.29 is 19.4 Å². The average molecular weight is 320 g/mol. The third-order valence-electron chi connectivity index (χ3n) is 4.73. The van der Waals surface area contributed by atoms with E-state index in [2.05, 4.69) is 10.3 Å². The third-order valence-corrected chi connectivity index (χ3v) is 4.73. The number of rotatable bonds is 8. The van der Waals surface area contributed by atoms with E-state index >= 15 is 0 Å². The summed E-state index contributed by atoms with van der Waals surface area (Å²) in [7, 11) is 0. The van der Waals surface area contributed by atoms with Gasteiger partial charge in [0.15, 0.2) is 0 Å². The molecule has 0 radical (unpaired) electrons. The molecule has 1 aromatic rings. The fourth-order valence-corrected chi connectivity index (χ4v) is 2.50. The largest absolute Gasteiger partial charge is 0.481 e. The van der Waals surface area contributed by atoms with E-state index < -0.39 is 11.4 Å². The zero-order valence-corrected chi connectivity index (χ0v) is 13.7. The summed E-state index contributed by atoms with van der Waals surface area (Å²) >= 11 is 0. The van der Waals surface area contributed by atoms with Crippen LogP contribution in [0.15, 0.2) is 18.3 Å². The number of nitrogens with zero attached hydrogens (tertiary/aromatic N) is 1. The molecule has 2 N–H and O–H groups in total. The van der Waals surface area contributed by atoms with Gasteiger partial charge in [-0.2, -0.15) is 0 Å². The second-order valence-electron chi connectivity index (χ2n) is 6.03. The van der Waals surface area contributed by atoms with Crippen LogP contribution in [0.3, 0.4) is 0 Å². The molecule has 0 aromatic carbocycles. The van der Waals surface area contributed by atoms with Gasteiger partial charge >= 0.3 is 5.97 Å². The molecule has 0 saturated heterocycles. The van der Waals surface area contributed by atoms with Crippen LogP contribution in [0.2, 0.25) is 0 Å². The van der Waals surface area contributed by atoms with E-state index in [1.54, 1.807) is 12.1 Å². The zero-order chi connectivity index (χ0) is 16.9. The number of pyridine rings is 1. The molecule has 1 saturated carbocycles. The highest BCUT2D eigenvalue weighted by Gasteiger charge is 2.35. The lowest BCUT2D eigenvalue weighted by atomic mass is 9.82. The maximum Gasteiger partial charge on any atom is 0.311 e. The number of ether oxygens (including phenoxy) is 1. The van der Waals surface area contributed by atoms with Gasteiger partial charge in [0.05, 0.1) is 5.41 Å². The van der Waals surface area contributed by atoms with Crippen molar-refractivity contribution in [3.63, 3.8) is 0 Å². The molecule has 0 aliphatic heterocycles. The molecule has 1 amide bonds. The summed E-state index contributed by atoms with van der Waals surface area (Å²) in [4.78, 5) is 27.9. The third kappa shape index (κ3) is 4.00. The van der Waals surface area contributed by atoms with Crippen LogP contribution in [0.5, 0.6) is 5.88 Å². The lowest BCUT2D eigenvalue weighted by molar-refractivity contribution is -0.149. The summed E-state index contributed by atoms with van der Waals surface area (Å²) in [6.07, 6.45) is 5.86. The van der Waals surface area contributed by atoms with E-state index in [-0.39, 0.29) is 18.6 Å². The van der Waals surface area contributed by atoms with Crippen LogP contribution < -0.4 is 10.1 Å². The predicted molar refractivity (Wildman–Crippen MR) is 85.5 cm³/mol. The van der Waals surface area contributed by atoms with Gasteiger partial charge < -0.3 is 15.2 Å². The van der Waals surface area contributed by atoms with E-state index in [4.69, 9.17) is 4.74 Å².